The molecule has 0 bridgehead atoms. The van der Waals surface area contributed by atoms with Crippen LogP contribution in [-0.4, -0.2) is 43.8 Å². The molecule has 0 fully saturated rings. The summed E-state index contributed by atoms with van der Waals surface area (Å²) in [4.78, 5) is 17.6. The molecule has 7 nitrogen and oxygen atoms in total. The van der Waals surface area contributed by atoms with Gasteiger partial charge in [-0.2, -0.15) is 4.31 Å². The molecule has 1 amide bonds. The average molecular weight is 522 g/mol. The second kappa shape index (κ2) is 11.5. The van der Waals surface area contributed by atoms with Crippen LogP contribution in [0.2, 0.25) is 0 Å². The Morgan fingerprint density at radius 1 is 1.03 bits per heavy atom. The Hall–Kier alpha value is -3.53. The van der Waals surface area contributed by atoms with Crippen molar-refractivity contribution in [3.8, 4) is 17.0 Å². The van der Waals surface area contributed by atoms with Gasteiger partial charge in [-0.3, -0.25) is 4.79 Å². The molecule has 1 heterocycles. The fourth-order valence-corrected chi connectivity index (χ4v) is 5.71. The van der Waals surface area contributed by atoms with Crippen LogP contribution in [0.25, 0.3) is 11.3 Å². The van der Waals surface area contributed by atoms with E-state index in [9.17, 15) is 13.2 Å². The zero-order valence-electron chi connectivity index (χ0n) is 20.0. The lowest BCUT2D eigenvalue weighted by Crippen LogP contribution is -2.39. The first-order valence-electron chi connectivity index (χ1n) is 11.4. The number of thiazole rings is 1. The third-order valence-electron chi connectivity index (χ3n) is 5.57. The minimum atomic E-state index is -3.92. The van der Waals surface area contributed by atoms with E-state index in [2.05, 4.69) is 10.3 Å². The summed E-state index contributed by atoms with van der Waals surface area (Å²) in [7, 11) is -2.41. The summed E-state index contributed by atoms with van der Waals surface area (Å²) in [6, 6.07) is 23.1. The van der Waals surface area contributed by atoms with Gasteiger partial charge in [-0.25, -0.2) is 13.4 Å². The number of ether oxygens (including phenoxy) is 1. The van der Waals surface area contributed by atoms with Gasteiger partial charge >= 0.3 is 0 Å². The molecule has 0 spiro atoms. The van der Waals surface area contributed by atoms with Gasteiger partial charge in [-0.05, 0) is 55.3 Å². The lowest BCUT2D eigenvalue weighted by Gasteiger charge is -2.22. The summed E-state index contributed by atoms with van der Waals surface area (Å²) in [5.74, 6) is 0.129. The van der Waals surface area contributed by atoms with Crippen molar-refractivity contribution < 1.29 is 17.9 Å². The van der Waals surface area contributed by atoms with Crippen molar-refractivity contribution in [2.45, 2.75) is 18.2 Å². The lowest BCUT2D eigenvalue weighted by atomic mass is 10.1. The number of carbonyl (C=O) groups is 1. The van der Waals surface area contributed by atoms with Crippen LogP contribution in [0.4, 0.5) is 5.69 Å². The number of nitrogens with zero attached hydrogens (tertiary/aromatic N) is 2. The Morgan fingerprint density at radius 2 is 1.78 bits per heavy atom. The Bertz CT molecular complexity index is 1420. The number of aromatic nitrogens is 1. The molecular weight excluding hydrogens is 494 g/mol. The number of nitrogens with one attached hydrogen (secondary N) is 1. The van der Waals surface area contributed by atoms with Crippen LogP contribution in [0.5, 0.6) is 5.75 Å². The molecule has 0 aliphatic carbocycles. The molecule has 0 saturated heterocycles. The third kappa shape index (κ3) is 6.37. The molecular formula is C27H27N3O4S2. The maximum absolute atomic E-state index is 13.5. The third-order valence-corrected chi connectivity index (χ3v) is 8.20. The minimum Gasteiger partial charge on any atom is -0.497 e. The number of amides is 1. The van der Waals surface area contributed by atoms with E-state index in [1.54, 1.807) is 29.5 Å². The Morgan fingerprint density at radius 3 is 2.44 bits per heavy atom. The van der Waals surface area contributed by atoms with Crippen molar-refractivity contribution in [3.63, 3.8) is 0 Å². The Labute approximate surface area is 215 Å². The van der Waals surface area contributed by atoms with Crippen LogP contribution in [-0.2, 0) is 21.2 Å². The van der Waals surface area contributed by atoms with Crippen molar-refractivity contribution in [1.29, 1.82) is 0 Å². The molecule has 4 aromatic rings. The zero-order valence-corrected chi connectivity index (χ0v) is 21.7. The number of carbonyl (C=O) groups excluding carboxylic acids is 1. The highest BCUT2D eigenvalue weighted by Gasteiger charge is 2.26. The highest BCUT2D eigenvalue weighted by Crippen LogP contribution is 2.25. The summed E-state index contributed by atoms with van der Waals surface area (Å²) < 4.78 is 33.3. The SMILES string of the molecule is COc1ccc(S(=O)(=O)N(CCc2ccccc2)CC(=O)Nc2cccc(-c3csc(C)n3)c2)cc1. The number of methoxy groups -OCH3 is 1. The minimum absolute atomic E-state index is 0.102. The molecule has 0 unspecified atom stereocenters. The van der Waals surface area contributed by atoms with Crippen molar-refractivity contribution in [3.05, 3.63) is 94.8 Å². The predicted molar refractivity (Wildman–Crippen MR) is 143 cm³/mol. The molecule has 1 aromatic heterocycles. The van der Waals surface area contributed by atoms with Gasteiger partial charge in [0.2, 0.25) is 15.9 Å². The highest BCUT2D eigenvalue weighted by molar-refractivity contribution is 7.89. The van der Waals surface area contributed by atoms with Gasteiger partial charge in [0.1, 0.15) is 5.75 Å². The van der Waals surface area contributed by atoms with Crippen LogP contribution in [0, 0.1) is 6.92 Å². The first-order chi connectivity index (χ1) is 17.3. The standard InChI is InChI=1S/C27H27N3O4S2/c1-20-28-26(19-35-20)22-9-6-10-23(17-22)29-27(31)18-30(16-15-21-7-4-3-5-8-21)36(32,33)25-13-11-24(34-2)12-14-25/h3-14,17,19H,15-16,18H2,1-2H3,(H,29,31). The predicted octanol–water partition coefficient (Wildman–Crippen LogP) is 5.00. The molecule has 0 aliphatic rings. The van der Waals surface area contributed by atoms with Gasteiger partial charge in [0, 0.05) is 23.2 Å². The highest BCUT2D eigenvalue weighted by atomic mass is 32.2. The molecule has 0 radical (unpaired) electrons. The monoisotopic (exact) mass is 521 g/mol. The number of aryl methyl sites for hydroxylation is 1. The maximum Gasteiger partial charge on any atom is 0.243 e. The van der Waals surface area contributed by atoms with Gasteiger partial charge in [-0.15, -0.1) is 11.3 Å². The van der Waals surface area contributed by atoms with E-state index in [0.717, 1.165) is 21.8 Å². The number of sulfonamides is 1. The number of anilines is 1. The van der Waals surface area contributed by atoms with E-state index >= 15 is 0 Å². The van der Waals surface area contributed by atoms with E-state index in [0.29, 0.717) is 17.9 Å². The van der Waals surface area contributed by atoms with Crippen molar-refractivity contribution in [1.82, 2.24) is 9.29 Å². The van der Waals surface area contributed by atoms with Crippen molar-refractivity contribution >= 4 is 33.0 Å². The lowest BCUT2D eigenvalue weighted by molar-refractivity contribution is -0.116. The number of hydrogen-bond donors (Lipinski definition) is 1. The topological polar surface area (TPSA) is 88.6 Å². The fourth-order valence-electron chi connectivity index (χ4n) is 3.69. The van der Waals surface area contributed by atoms with Gasteiger partial charge < -0.3 is 10.1 Å². The molecule has 4 rings (SSSR count). The van der Waals surface area contributed by atoms with E-state index in [4.69, 9.17) is 4.74 Å². The number of benzene rings is 3. The molecule has 0 aliphatic heterocycles. The molecule has 0 atom stereocenters. The quantitative estimate of drug-likeness (QED) is 0.317. The molecule has 36 heavy (non-hydrogen) atoms. The van der Waals surface area contributed by atoms with Gasteiger partial charge in [-0.1, -0.05) is 42.5 Å². The molecule has 0 saturated carbocycles. The summed E-state index contributed by atoms with van der Waals surface area (Å²) >= 11 is 1.55. The number of hydrogen-bond acceptors (Lipinski definition) is 6. The summed E-state index contributed by atoms with van der Waals surface area (Å²) in [5, 5.41) is 5.76. The van der Waals surface area contributed by atoms with Crippen LogP contribution in [0.15, 0.2) is 89.1 Å². The average Bonchev–Trinajstić information content (AvgIpc) is 3.33. The second-order valence-electron chi connectivity index (χ2n) is 8.13. The van der Waals surface area contributed by atoms with Gasteiger partial charge in [0.05, 0.1) is 29.3 Å². The summed E-state index contributed by atoms with van der Waals surface area (Å²) in [6.45, 7) is 1.78. The maximum atomic E-state index is 13.5. The first-order valence-corrected chi connectivity index (χ1v) is 13.7. The molecule has 9 heteroatoms. The second-order valence-corrected chi connectivity index (χ2v) is 11.1. The van der Waals surface area contributed by atoms with Crippen LogP contribution in [0.1, 0.15) is 10.6 Å². The molecule has 186 valence electrons. The summed E-state index contributed by atoms with van der Waals surface area (Å²) in [6.07, 6.45) is 0.474. The van der Waals surface area contributed by atoms with Crippen LogP contribution in [0.3, 0.4) is 0 Å². The van der Waals surface area contributed by atoms with E-state index in [-0.39, 0.29) is 18.0 Å². The van der Waals surface area contributed by atoms with E-state index < -0.39 is 15.9 Å². The largest absolute Gasteiger partial charge is 0.497 e. The first kappa shape index (κ1) is 25.6. The van der Waals surface area contributed by atoms with Crippen LogP contribution >= 0.6 is 11.3 Å². The van der Waals surface area contributed by atoms with E-state index in [1.165, 1.54) is 23.5 Å². The van der Waals surface area contributed by atoms with E-state index in [1.807, 2.05) is 60.8 Å². The normalized spacial score (nSPS) is 11.4. The zero-order chi connectivity index (χ0) is 25.5. The number of rotatable bonds is 10. The smallest absolute Gasteiger partial charge is 0.243 e. The van der Waals surface area contributed by atoms with Crippen molar-refractivity contribution in [2.75, 3.05) is 25.5 Å². The van der Waals surface area contributed by atoms with Gasteiger partial charge in [0.15, 0.2) is 0 Å². The fraction of sp³-hybridized carbons (Fsp3) is 0.185. The Balaban J connectivity index is 1.53. The van der Waals surface area contributed by atoms with Crippen LogP contribution < -0.4 is 10.1 Å². The van der Waals surface area contributed by atoms with Crippen molar-refractivity contribution in [2.24, 2.45) is 0 Å². The molecule has 1 N–H and O–H groups in total. The Kier molecular flexibility index (Phi) is 8.14. The summed E-state index contributed by atoms with van der Waals surface area (Å²) in [5.41, 5.74) is 3.27. The molecule has 3 aromatic carbocycles. The van der Waals surface area contributed by atoms with Gasteiger partial charge in [0.25, 0.3) is 0 Å².